The van der Waals surface area contributed by atoms with E-state index in [1.165, 1.54) is 24.3 Å². The van der Waals surface area contributed by atoms with Crippen LogP contribution in [-0.2, 0) is 14.8 Å². The third kappa shape index (κ3) is 5.85. The first-order chi connectivity index (χ1) is 10.8. The first-order valence-electron chi connectivity index (χ1n) is 6.46. The van der Waals surface area contributed by atoms with E-state index < -0.39 is 34.7 Å². The van der Waals surface area contributed by atoms with Crippen LogP contribution < -0.4 is 4.72 Å². The zero-order chi connectivity index (χ0) is 17.5. The standard InChI is InChI=1S/C12H16N4O6S/c13-16-14-6-5-10(17)12(20)8-1-3-9(4-2-8)23(21,22)15-7-11(18)19/h1-4,10,12,15,17,20H,5-7H2,(H,18,19). The van der Waals surface area contributed by atoms with Crippen LogP contribution in [0, 0.1) is 0 Å². The molecule has 1 rings (SSSR count). The number of rotatable bonds is 9. The normalized spacial score (nSPS) is 13.8. The molecule has 0 aliphatic carbocycles. The van der Waals surface area contributed by atoms with Gasteiger partial charge in [-0.2, -0.15) is 4.72 Å². The molecule has 0 saturated carbocycles. The fourth-order valence-corrected chi connectivity index (χ4v) is 2.67. The lowest BCUT2D eigenvalue weighted by atomic mass is 10.0. The van der Waals surface area contributed by atoms with Crippen LogP contribution in [0.2, 0.25) is 0 Å². The Bertz CT molecular complexity index is 684. The highest BCUT2D eigenvalue weighted by Crippen LogP contribution is 2.21. The maximum atomic E-state index is 11.8. The summed E-state index contributed by atoms with van der Waals surface area (Å²) in [5.41, 5.74) is 8.41. The summed E-state index contributed by atoms with van der Waals surface area (Å²) < 4.78 is 25.5. The molecule has 0 bridgehead atoms. The number of carbonyl (C=O) groups is 1. The van der Waals surface area contributed by atoms with Gasteiger partial charge in [0.2, 0.25) is 10.0 Å². The van der Waals surface area contributed by atoms with Gasteiger partial charge in [-0.25, -0.2) is 8.42 Å². The van der Waals surface area contributed by atoms with Crippen LogP contribution in [0.5, 0.6) is 0 Å². The second kappa shape index (κ2) is 8.46. The molecular formula is C12H16N4O6S. The fraction of sp³-hybridized carbons (Fsp3) is 0.417. The molecule has 1 aromatic carbocycles. The van der Waals surface area contributed by atoms with Gasteiger partial charge in [0.15, 0.2) is 0 Å². The second-order valence-corrected chi connectivity index (χ2v) is 6.31. The SMILES string of the molecule is [N-]=[N+]=NCCC(O)C(O)c1ccc(S(=O)(=O)NCC(=O)O)cc1. The number of nitrogens with one attached hydrogen (secondary N) is 1. The maximum absolute atomic E-state index is 11.8. The topological polar surface area (TPSA) is 173 Å². The Morgan fingerprint density at radius 2 is 1.91 bits per heavy atom. The fourth-order valence-electron chi connectivity index (χ4n) is 1.70. The van der Waals surface area contributed by atoms with Crippen molar-refractivity contribution in [3.05, 3.63) is 40.3 Å². The van der Waals surface area contributed by atoms with E-state index in [0.29, 0.717) is 0 Å². The van der Waals surface area contributed by atoms with Gasteiger partial charge in [-0.15, -0.1) is 0 Å². The van der Waals surface area contributed by atoms with Crippen LogP contribution in [0.1, 0.15) is 18.1 Å². The molecule has 2 atom stereocenters. The van der Waals surface area contributed by atoms with E-state index in [0.717, 1.165) is 0 Å². The molecule has 0 aliphatic rings. The van der Waals surface area contributed by atoms with Gasteiger partial charge < -0.3 is 15.3 Å². The lowest BCUT2D eigenvalue weighted by molar-refractivity contribution is -0.135. The number of carboxylic acids is 1. The van der Waals surface area contributed by atoms with Crippen LogP contribution in [0.4, 0.5) is 0 Å². The number of aliphatic hydroxyl groups excluding tert-OH is 2. The number of aliphatic hydroxyl groups is 2. The molecule has 23 heavy (non-hydrogen) atoms. The molecule has 2 unspecified atom stereocenters. The summed E-state index contributed by atoms with van der Waals surface area (Å²) in [6.45, 7) is -0.731. The molecule has 1 aromatic rings. The average Bonchev–Trinajstić information content (AvgIpc) is 2.52. The van der Waals surface area contributed by atoms with E-state index >= 15 is 0 Å². The largest absolute Gasteiger partial charge is 0.480 e. The molecule has 0 fully saturated rings. The van der Waals surface area contributed by atoms with Crippen LogP contribution >= 0.6 is 0 Å². The highest BCUT2D eigenvalue weighted by atomic mass is 32.2. The minimum atomic E-state index is -3.97. The third-order valence-corrected chi connectivity index (χ3v) is 4.32. The monoisotopic (exact) mass is 344 g/mol. The number of hydrogen-bond donors (Lipinski definition) is 4. The van der Waals surface area contributed by atoms with Gasteiger partial charge in [-0.05, 0) is 29.6 Å². The van der Waals surface area contributed by atoms with E-state index in [-0.39, 0.29) is 23.4 Å². The number of azide groups is 1. The van der Waals surface area contributed by atoms with Gasteiger partial charge in [0.1, 0.15) is 12.6 Å². The van der Waals surface area contributed by atoms with Crippen molar-refractivity contribution in [1.82, 2.24) is 4.72 Å². The van der Waals surface area contributed by atoms with Crippen LogP contribution in [0.3, 0.4) is 0 Å². The minimum absolute atomic E-state index is 0.0142. The zero-order valence-corrected chi connectivity index (χ0v) is 12.7. The maximum Gasteiger partial charge on any atom is 0.318 e. The number of nitrogens with zero attached hydrogens (tertiary/aromatic N) is 3. The van der Waals surface area contributed by atoms with Gasteiger partial charge in [-0.3, -0.25) is 4.79 Å². The van der Waals surface area contributed by atoms with Crippen molar-refractivity contribution in [3.63, 3.8) is 0 Å². The van der Waals surface area contributed by atoms with Crippen molar-refractivity contribution in [2.45, 2.75) is 23.5 Å². The number of hydrogen-bond acceptors (Lipinski definition) is 6. The third-order valence-electron chi connectivity index (χ3n) is 2.90. The first kappa shape index (κ1) is 18.9. The minimum Gasteiger partial charge on any atom is -0.480 e. The Morgan fingerprint density at radius 1 is 1.30 bits per heavy atom. The molecule has 10 nitrogen and oxygen atoms in total. The lowest BCUT2D eigenvalue weighted by Crippen LogP contribution is -2.29. The van der Waals surface area contributed by atoms with E-state index in [2.05, 4.69) is 10.0 Å². The van der Waals surface area contributed by atoms with Gasteiger partial charge in [0.05, 0.1) is 11.0 Å². The molecule has 0 amide bonds. The molecule has 126 valence electrons. The highest BCUT2D eigenvalue weighted by Gasteiger charge is 2.20. The van der Waals surface area contributed by atoms with E-state index in [1.54, 1.807) is 0 Å². The Labute approximate surface area is 132 Å². The Hall–Kier alpha value is -2.17. The number of sulfonamides is 1. The Kier molecular flexibility index (Phi) is 6.94. The summed E-state index contributed by atoms with van der Waals surface area (Å²) in [5.74, 6) is -1.32. The smallest absolute Gasteiger partial charge is 0.318 e. The van der Waals surface area contributed by atoms with E-state index in [9.17, 15) is 23.4 Å². The quantitative estimate of drug-likeness (QED) is 0.282. The summed E-state index contributed by atoms with van der Waals surface area (Å²) >= 11 is 0. The summed E-state index contributed by atoms with van der Waals surface area (Å²) in [7, 11) is -3.97. The van der Waals surface area contributed by atoms with Crippen LogP contribution in [-0.4, -0.2) is 48.9 Å². The molecule has 0 aromatic heterocycles. The Morgan fingerprint density at radius 3 is 2.43 bits per heavy atom. The molecule has 0 aliphatic heterocycles. The van der Waals surface area contributed by atoms with Gasteiger partial charge in [0.25, 0.3) is 0 Å². The molecule has 0 radical (unpaired) electrons. The summed E-state index contributed by atoms with van der Waals surface area (Å²) in [4.78, 5) is 12.7. The second-order valence-electron chi connectivity index (χ2n) is 4.54. The van der Waals surface area contributed by atoms with Gasteiger partial charge in [0, 0.05) is 11.5 Å². The van der Waals surface area contributed by atoms with Gasteiger partial charge >= 0.3 is 5.97 Å². The molecular weight excluding hydrogens is 328 g/mol. The molecule has 4 N–H and O–H groups in total. The van der Waals surface area contributed by atoms with Crippen molar-refractivity contribution in [2.75, 3.05) is 13.1 Å². The van der Waals surface area contributed by atoms with Crippen LogP contribution in [0.15, 0.2) is 34.3 Å². The van der Waals surface area contributed by atoms with Gasteiger partial charge in [-0.1, -0.05) is 17.2 Å². The Balaban J connectivity index is 2.79. The number of aliphatic carboxylic acids is 1. The summed E-state index contributed by atoms with van der Waals surface area (Å²) in [5, 5.41) is 31.4. The molecule has 0 spiro atoms. The summed E-state index contributed by atoms with van der Waals surface area (Å²) in [6.07, 6.45) is -2.40. The lowest BCUT2D eigenvalue weighted by Gasteiger charge is -2.17. The van der Waals surface area contributed by atoms with Crippen molar-refractivity contribution in [2.24, 2.45) is 5.11 Å². The molecule has 0 heterocycles. The highest BCUT2D eigenvalue weighted by molar-refractivity contribution is 7.89. The van der Waals surface area contributed by atoms with Crippen molar-refractivity contribution in [1.29, 1.82) is 0 Å². The average molecular weight is 344 g/mol. The number of benzene rings is 1. The van der Waals surface area contributed by atoms with Crippen molar-refractivity contribution >= 4 is 16.0 Å². The van der Waals surface area contributed by atoms with E-state index in [1.807, 2.05) is 4.72 Å². The van der Waals surface area contributed by atoms with E-state index in [4.69, 9.17) is 10.6 Å². The summed E-state index contributed by atoms with van der Waals surface area (Å²) in [6, 6.07) is 4.97. The zero-order valence-electron chi connectivity index (χ0n) is 11.9. The predicted octanol–water partition coefficient (Wildman–Crippen LogP) is 0.144. The van der Waals surface area contributed by atoms with Crippen LogP contribution in [0.25, 0.3) is 10.4 Å². The van der Waals surface area contributed by atoms with Crippen molar-refractivity contribution in [3.8, 4) is 0 Å². The van der Waals surface area contributed by atoms with Crippen molar-refractivity contribution < 1.29 is 28.5 Å². The number of carboxylic acid groups (broad SMARTS) is 1. The first-order valence-corrected chi connectivity index (χ1v) is 7.94. The molecule has 11 heteroatoms. The predicted molar refractivity (Wildman–Crippen MR) is 78.9 cm³/mol. The molecule has 0 saturated heterocycles.